The Morgan fingerprint density at radius 2 is 2.17 bits per heavy atom. The normalized spacial score (nSPS) is 24.5. The Morgan fingerprint density at radius 1 is 1.58 bits per heavy atom. The second kappa shape index (κ2) is 2.88. The first-order valence-electron chi connectivity index (χ1n) is 4.29. The van der Waals surface area contributed by atoms with Crippen molar-refractivity contribution in [1.29, 1.82) is 0 Å². The summed E-state index contributed by atoms with van der Waals surface area (Å²) in [5, 5.41) is 0. The zero-order valence-corrected chi connectivity index (χ0v) is 7.59. The lowest BCUT2D eigenvalue weighted by Gasteiger charge is -2.26. The van der Waals surface area contributed by atoms with Gasteiger partial charge < -0.3 is 5.73 Å². The van der Waals surface area contributed by atoms with Crippen LogP contribution in [0.15, 0.2) is 0 Å². The zero-order valence-electron chi connectivity index (χ0n) is 7.59. The van der Waals surface area contributed by atoms with Gasteiger partial charge in [0.2, 0.25) is 5.91 Å². The summed E-state index contributed by atoms with van der Waals surface area (Å²) in [4.78, 5) is 22.3. The number of carbonyl (C=O) groups is 2. The quantitative estimate of drug-likeness (QED) is 0.666. The Kier molecular flexibility index (Phi) is 2.22. The van der Waals surface area contributed by atoms with E-state index in [9.17, 15) is 9.59 Å². The van der Waals surface area contributed by atoms with E-state index in [1.54, 1.807) is 13.8 Å². The highest BCUT2D eigenvalue weighted by Crippen LogP contribution is 2.36. The van der Waals surface area contributed by atoms with Crippen molar-refractivity contribution in [2.24, 2.45) is 17.1 Å². The molecule has 1 fully saturated rings. The number of primary amides is 1. The minimum atomic E-state index is -0.659. The van der Waals surface area contributed by atoms with Gasteiger partial charge in [0.15, 0.2) is 0 Å². The van der Waals surface area contributed by atoms with E-state index in [2.05, 4.69) is 0 Å². The van der Waals surface area contributed by atoms with Gasteiger partial charge in [0.1, 0.15) is 5.78 Å². The van der Waals surface area contributed by atoms with Gasteiger partial charge in [-0.3, -0.25) is 9.59 Å². The SMILES string of the molecule is CC(C)(C(N)=O)C1CCCC1=O. The van der Waals surface area contributed by atoms with Gasteiger partial charge >= 0.3 is 0 Å². The molecule has 1 unspecified atom stereocenters. The Balaban J connectivity index is 2.80. The fourth-order valence-electron chi connectivity index (χ4n) is 1.75. The smallest absolute Gasteiger partial charge is 0.223 e. The van der Waals surface area contributed by atoms with Crippen molar-refractivity contribution >= 4 is 11.7 Å². The maximum Gasteiger partial charge on any atom is 0.223 e. The number of ketones is 1. The number of hydrogen-bond donors (Lipinski definition) is 1. The molecule has 0 aromatic rings. The van der Waals surface area contributed by atoms with Crippen LogP contribution in [0.1, 0.15) is 33.1 Å². The van der Waals surface area contributed by atoms with E-state index < -0.39 is 5.41 Å². The molecule has 0 aliphatic heterocycles. The van der Waals surface area contributed by atoms with Crippen LogP contribution in [0, 0.1) is 11.3 Å². The first-order valence-corrected chi connectivity index (χ1v) is 4.29. The number of Topliss-reactive ketones (excluding diaryl/α,β-unsaturated/α-hetero) is 1. The molecule has 3 heteroatoms. The number of hydrogen-bond acceptors (Lipinski definition) is 2. The molecular formula is C9H15NO2. The molecule has 12 heavy (non-hydrogen) atoms. The van der Waals surface area contributed by atoms with Gasteiger partial charge in [-0.1, -0.05) is 13.8 Å². The molecule has 0 radical (unpaired) electrons. The van der Waals surface area contributed by atoms with Crippen molar-refractivity contribution in [3.8, 4) is 0 Å². The van der Waals surface area contributed by atoms with Crippen molar-refractivity contribution in [2.45, 2.75) is 33.1 Å². The molecule has 1 aliphatic carbocycles. The van der Waals surface area contributed by atoms with Crippen molar-refractivity contribution in [1.82, 2.24) is 0 Å². The lowest BCUT2D eigenvalue weighted by molar-refractivity contribution is -0.135. The van der Waals surface area contributed by atoms with E-state index in [4.69, 9.17) is 5.73 Å². The van der Waals surface area contributed by atoms with E-state index >= 15 is 0 Å². The van der Waals surface area contributed by atoms with E-state index in [0.717, 1.165) is 12.8 Å². The molecule has 0 aromatic heterocycles. The molecule has 0 heterocycles. The van der Waals surface area contributed by atoms with Crippen molar-refractivity contribution in [3.05, 3.63) is 0 Å². The largest absolute Gasteiger partial charge is 0.369 e. The third-order valence-electron chi connectivity index (χ3n) is 2.81. The Bertz CT molecular complexity index is 221. The Hall–Kier alpha value is -0.860. The lowest BCUT2D eigenvalue weighted by atomic mass is 9.77. The highest BCUT2D eigenvalue weighted by Gasteiger charge is 2.41. The van der Waals surface area contributed by atoms with Crippen LogP contribution in [0.4, 0.5) is 0 Å². The van der Waals surface area contributed by atoms with E-state index in [1.807, 2.05) is 0 Å². The summed E-state index contributed by atoms with van der Waals surface area (Å²) in [6.45, 7) is 3.51. The summed E-state index contributed by atoms with van der Waals surface area (Å²) in [5.41, 5.74) is 4.56. The molecule has 1 amide bonds. The summed E-state index contributed by atoms with van der Waals surface area (Å²) in [7, 11) is 0. The van der Waals surface area contributed by atoms with Crippen molar-refractivity contribution < 1.29 is 9.59 Å². The fraction of sp³-hybridized carbons (Fsp3) is 0.778. The van der Waals surface area contributed by atoms with Crippen LogP contribution >= 0.6 is 0 Å². The Labute approximate surface area is 72.3 Å². The number of rotatable bonds is 2. The predicted octanol–water partition coefficient (Wildman–Crippen LogP) is 0.867. The van der Waals surface area contributed by atoms with Crippen LogP contribution < -0.4 is 5.73 Å². The molecule has 68 valence electrons. The average molecular weight is 169 g/mol. The molecule has 0 aromatic carbocycles. The zero-order chi connectivity index (χ0) is 9.35. The minimum absolute atomic E-state index is 0.144. The van der Waals surface area contributed by atoms with Gasteiger partial charge in [0.05, 0.1) is 5.41 Å². The van der Waals surface area contributed by atoms with Crippen molar-refractivity contribution in [3.63, 3.8) is 0 Å². The summed E-state index contributed by atoms with van der Waals surface area (Å²) >= 11 is 0. The van der Waals surface area contributed by atoms with Crippen LogP contribution in [-0.4, -0.2) is 11.7 Å². The van der Waals surface area contributed by atoms with Crippen LogP contribution in [0.3, 0.4) is 0 Å². The predicted molar refractivity (Wildman–Crippen MR) is 45.3 cm³/mol. The first-order chi connectivity index (χ1) is 5.46. The van der Waals surface area contributed by atoms with Crippen LogP contribution in [-0.2, 0) is 9.59 Å². The van der Waals surface area contributed by atoms with Gasteiger partial charge in [0, 0.05) is 12.3 Å². The molecule has 0 spiro atoms. The minimum Gasteiger partial charge on any atom is -0.369 e. The van der Waals surface area contributed by atoms with E-state index in [-0.39, 0.29) is 17.6 Å². The maximum atomic E-state index is 11.3. The molecule has 1 atom stereocenters. The topological polar surface area (TPSA) is 60.2 Å². The third kappa shape index (κ3) is 1.36. The van der Waals surface area contributed by atoms with Gasteiger partial charge in [-0.05, 0) is 12.8 Å². The molecule has 2 N–H and O–H groups in total. The van der Waals surface area contributed by atoms with Crippen molar-refractivity contribution in [2.75, 3.05) is 0 Å². The standard InChI is InChI=1S/C9H15NO2/c1-9(2,8(10)12)6-4-3-5-7(6)11/h6H,3-5H2,1-2H3,(H2,10,12). The fourth-order valence-corrected chi connectivity index (χ4v) is 1.75. The average Bonchev–Trinajstić information content (AvgIpc) is 2.35. The molecule has 3 nitrogen and oxygen atoms in total. The highest BCUT2D eigenvalue weighted by atomic mass is 16.1. The molecule has 1 rings (SSSR count). The van der Waals surface area contributed by atoms with Crippen LogP contribution in [0.5, 0.6) is 0 Å². The Morgan fingerprint density at radius 3 is 2.50 bits per heavy atom. The summed E-state index contributed by atoms with van der Waals surface area (Å²) in [5.74, 6) is -0.323. The second-order valence-corrected chi connectivity index (χ2v) is 4.00. The molecule has 1 saturated carbocycles. The maximum absolute atomic E-state index is 11.3. The van der Waals surface area contributed by atoms with Crippen LogP contribution in [0.25, 0.3) is 0 Å². The molecule has 0 bridgehead atoms. The first kappa shape index (κ1) is 9.23. The summed E-state index contributed by atoms with van der Waals surface area (Å²) in [6.07, 6.45) is 2.33. The van der Waals surface area contributed by atoms with Gasteiger partial charge in [-0.15, -0.1) is 0 Å². The highest BCUT2D eigenvalue weighted by molar-refractivity contribution is 5.91. The number of nitrogens with two attached hydrogens (primary N) is 1. The second-order valence-electron chi connectivity index (χ2n) is 4.00. The molecule has 1 aliphatic rings. The monoisotopic (exact) mass is 169 g/mol. The lowest BCUT2D eigenvalue weighted by Crippen LogP contribution is -2.40. The number of carbonyl (C=O) groups excluding carboxylic acids is 2. The van der Waals surface area contributed by atoms with Gasteiger partial charge in [-0.25, -0.2) is 0 Å². The molecular weight excluding hydrogens is 154 g/mol. The molecule has 0 saturated heterocycles. The third-order valence-corrected chi connectivity index (χ3v) is 2.81. The van der Waals surface area contributed by atoms with Gasteiger partial charge in [-0.2, -0.15) is 0 Å². The number of amides is 1. The van der Waals surface area contributed by atoms with Gasteiger partial charge in [0.25, 0.3) is 0 Å². The van der Waals surface area contributed by atoms with E-state index in [0.29, 0.717) is 6.42 Å². The summed E-state index contributed by atoms with van der Waals surface area (Å²) < 4.78 is 0. The summed E-state index contributed by atoms with van der Waals surface area (Å²) in [6, 6.07) is 0. The van der Waals surface area contributed by atoms with Crippen LogP contribution in [0.2, 0.25) is 0 Å². The van der Waals surface area contributed by atoms with E-state index in [1.165, 1.54) is 0 Å².